The first kappa shape index (κ1) is 19.9. The van der Waals surface area contributed by atoms with E-state index < -0.39 is 0 Å². The van der Waals surface area contributed by atoms with Crippen molar-refractivity contribution >= 4 is 23.4 Å². The molecule has 0 spiro atoms. The van der Waals surface area contributed by atoms with Crippen molar-refractivity contribution in [2.24, 2.45) is 17.8 Å². The molecule has 0 radical (unpaired) electrons. The number of fused-ring (bicyclic) bond motifs is 3. The summed E-state index contributed by atoms with van der Waals surface area (Å²) in [6.07, 6.45) is 6.51. The fraction of sp³-hybridized carbons (Fsp3) is 0.706. The average molecular weight is 592 g/mol. The van der Waals surface area contributed by atoms with E-state index in [0.717, 1.165) is 18.7 Å². The van der Waals surface area contributed by atoms with Crippen molar-refractivity contribution in [2.45, 2.75) is 31.7 Å². The number of halogens is 3. The average Bonchev–Trinajstić information content (AvgIpc) is 2.64. The first-order valence-electron chi connectivity index (χ1n) is 8.53. The van der Waals surface area contributed by atoms with Gasteiger partial charge in [0.25, 0.3) is 0 Å². The molecular weight excluding hydrogens is 567 g/mol. The molecule has 2 atom stereocenters. The number of ether oxygens (including phenoxy) is 1. The van der Waals surface area contributed by atoms with Crippen molar-refractivity contribution in [2.75, 3.05) is 26.2 Å². The zero-order chi connectivity index (χ0) is 17.8. The molecule has 0 aliphatic heterocycles. The van der Waals surface area contributed by atoms with Gasteiger partial charge in [0.2, 0.25) is 0 Å². The molecule has 1 aromatic heterocycles. The zero-order valence-corrected chi connectivity index (χ0v) is 19.5. The molecule has 8 heteroatoms. The second kappa shape index (κ2) is 9.34. The summed E-state index contributed by atoms with van der Waals surface area (Å²) in [7, 11) is 1.49. The molecule has 2 bridgehead atoms. The second-order valence-corrected chi connectivity index (χ2v) is 12.5. The van der Waals surface area contributed by atoms with Crippen LogP contribution in [-0.2, 0) is 9.53 Å². The van der Waals surface area contributed by atoms with Crippen LogP contribution >= 0.6 is 11.6 Å². The van der Waals surface area contributed by atoms with Crippen LogP contribution < -0.4 is 47.7 Å². The van der Waals surface area contributed by atoms with Gasteiger partial charge in [-0.3, -0.25) is 0 Å². The number of carbonyl (C=O) groups is 1. The van der Waals surface area contributed by atoms with Gasteiger partial charge in [0.1, 0.15) is 0 Å². The van der Waals surface area contributed by atoms with Crippen molar-refractivity contribution in [3.8, 4) is 0 Å². The van der Waals surface area contributed by atoms with Gasteiger partial charge in [-0.1, -0.05) is 0 Å². The number of hydrogen-bond acceptors (Lipinski definition) is 5. The van der Waals surface area contributed by atoms with E-state index in [4.69, 9.17) is 16.3 Å². The van der Waals surface area contributed by atoms with Crippen molar-refractivity contribution in [3.63, 3.8) is 0 Å². The van der Waals surface area contributed by atoms with Crippen LogP contribution in [0.1, 0.15) is 25.7 Å². The summed E-state index contributed by atoms with van der Waals surface area (Å²) in [5.74, 6) is 1.64. The second-order valence-electron chi connectivity index (χ2n) is 6.51. The molecule has 0 aromatic carbocycles. The number of hydrogen-bond donors (Lipinski definition) is 1. The van der Waals surface area contributed by atoms with E-state index >= 15 is 0 Å². The Morgan fingerprint density at radius 1 is 1.32 bits per heavy atom. The molecule has 3 aliphatic carbocycles. The summed E-state index contributed by atoms with van der Waals surface area (Å²) in [6.45, 7) is 0. The first-order chi connectivity index (χ1) is 12.1. The van der Waals surface area contributed by atoms with Crippen LogP contribution in [0.25, 0.3) is 0 Å². The Morgan fingerprint density at radius 3 is 2.72 bits per heavy atom. The number of anilines is 1. The summed E-state index contributed by atoms with van der Waals surface area (Å²) in [5, 5.41) is 3.89. The summed E-state index contributed by atoms with van der Waals surface area (Å²) in [4.78, 5) is 23.4. The maximum absolute atomic E-state index is 12.4. The van der Waals surface area contributed by atoms with Crippen molar-refractivity contribution in [1.29, 1.82) is 0 Å². The summed E-state index contributed by atoms with van der Waals surface area (Å²) in [5.41, 5.74) is 0. The Labute approximate surface area is 175 Å². The van der Waals surface area contributed by atoms with E-state index in [1.165, 1.54) is 32.4 Å². The monoisotopic (exact) mass is 591 g/mol. The Morgan fingerprint density at radius 2 is 2.04 bits per heavy atom. The van der Waals surface area contributed by atoms with Gasteiger partial charge in [-0.15, -0.1) is 0 Å². The van der Waals surface area contributed by atoms with Gasteiger partial charge in [-0.2, -0.15) is 0 Å². The van der Waals surface area contributed by atoms with Crippen molar-refractivity contribution in [3.05, 3.63) is 15.1 Å². The zero-order valence-electron chi connectivity index (χ0n) is 14.5. The van der Waals surface area contributed by atoms with Crippen LogP contribution in [0.3, 0.4) is 0 Å². The van der Waals surface area contributed by atoms with E-state index in [2.05, 4.69) is 20.2 Å². The van der Waals surface area contributed by atoms with Gasteiger partial charge in [0.05, 0.1) is 0 Å². The van der Waals surface area contributed by atoms with Crippen LogP contribution in [0.5, 0.6) is 0 Å². The molecule has 1 heterocycles. The fourth-order valence-corrected chi connectivity index (χ4v) is 10.4. The number of nitrogens with zero attached hydrogens (tertiary/aromatic N) is 2. The van der Waals surface area contributed by atoms with Gasteiger partial charge in [-0.05, 0) is 0 Å². The molecule has 5 nitrogen and oxygen atoms in total. The summed E-state index contributed by atoms with van der Waals surface area (Å²) < 4.78 is 8.93. The number of alkyl halides is 3. The number of aromatic nitrogens is 2. The van der Waals surface area contributed by atoms with Crippen LogP contribution in [0, 0.1) is 21.3 Å². The third-order valence-corrected chi connectivity index (χ3v) is 11.8. The minimum absolute atomic E-state index is 0.0706. The SMILES string of the molecule is COC(=O)C1C2CCC(CC2)C1Nc1nc(Cl)ncc1[I-]CC[I-]C. The molecule has 25 heavy (non-hydrogen) atoms. The van der Waals surface area contributed by atoms with Gasteiger partial charge < -0.3 is 0 Å². The topological polar surface area (TPSA) is 64.1 Å². The van der Waals surface area contributed by atoms with Crippen molar-refractivity contribution < 1.29 is 51.9 Å². The van der Waals surface area contributed by atoms with E-state index in [1.807, 2.05) is 6.20 Å². The van der Waals surface area contributed by atoms with Gasteiger partial charge in [0, 0.05) is 0 Å². The van der Waals surface area contributed by atoms with E-state index in [9.17, 15) is 4.79 Å². The van der Waals surface area contributed by atoms with Crippen LogP contribution in [0.4, 0.5) is 5.82 Å². The van der Waals surface area contributed by atoms with Crippen LogP contribution in [-0.4, -0.2) is 42.9 Å². The van der Waals surface area contributed by atoms with E-state index in [0.29, 0.717) is 33.0 Å². The van der Waals surface area contributed by atoms with Crippen LogP contribution in [0.15, 0.2) is 6.20 Å². The van der Waals surface area contributed by atoms with Gasteiger partial charge in [-0.25, -0.2) is 0 Å². The Kier molecular flexibility index (Phi) is 7.42. The standard InChI is InChI=1S/C17H24ClI2N3O2/c1-19-7-8-20-12-9-21-17(18)23-15(12)22-14-11-5-3-10(4-6-11)13(14)16(24)25-2/h9-11,13-14H,3-8H2,1-2H3,(H,21,22,23)/q-2. The quantitative estimate of drug-likeness (QED) is 0.117. The Balaban J connectivity index is 1.81. The molecule has 142 valence electrons. The number of nitrogens with one attached hydrogen (secondary N) is 1. The molecule has 1 N–H and O–H groups in total. The molecule has 0 amide bonds. The van der Waals surface area contributed by atoms with Crippen molar-refractivity contribution in [1.82, 2.24) is 9.97 Å². The molecule has 0 saturated heterocycles. The fourth-order valence-electron chi connectivity index (χ4n) is 4.04. The number of rotatable bonds is 7. The third kappa shape index (κ3) is 4.69. The van der Waals surface area contributed by atoms with Gasteiger partial charge >= 0.3 is 176 Å². The van der Waals surface area contributed by atoms with Crippen LogP contribution in [0.2, 0.25) is 5.28 Å². The molecule has 4 rings (SSSR count). The molecule has 3 fully saturated rings. The number of esters is 1. The number of carbonyl (C=O) groups excluding carboxylic acids is 1. The summed E-state index contributed by atoms with van der Waals surface area (Å²) in [6, 6.07) is 0.104. The molecule has 3 saturated carbocycles. The summed E-state index contributed by atoms with van der Waals surface area (Å²) >= 11 is 6.28. The molecule has 2 unspecified atom stereocenters. The molecular formula is C17H24ClI2N3O2-2. The van der Waals surface area contributed by atoms with E-state index in [1.54, 1.807) is 0 Å². The molecule has 1 aromatic rings. The predicted molar refractivity (Wildman–Crippen MR) is 89.8 cm³/mol. The first-order valence-corrected chi connectivity index (χ1v) is 15.2. The molecule has 3 aliphatic rings. The normalized spacial score (nSPS) is 28.3. The number of methoxy groups -OCH3 is 1. The van der Waals surface area contributed by atoms with Gasteiger partial charge in [0.15, 0.2) is 0 Å². The predicted octanol–water partition coefficient (Wildman–Crippen LogP) is -3.50. The van der Waals surface area contributed by atoms with E-state index in [-0.39, 0.29) is 44.4 Å². The maximum atomic E-state index is 12.4. The Hall–Kier alpha value is 0.100. The third-order valence-electron chi connectivity index (χ3n) is 5.21. The minimum atomic E-state index is -0.120. The Bertz CT molecular complexity index is 612.